The number of hydrogen-bond donors (Lipinski definition) is 2. The minimum atomic E-state index is 0.166. The molecule has 2 aliphatic heterocycles. The van der Waals surface area contributed by atoms with Crippen LogP contribution in [0.3, 0.4) is 0 Å². The molecule has 3 heteroatoms. The van der Waals surface area contributed by atoms with Crippen molar-refractivity contribution in [1.29, 1.82) is 0 Å². The van der Waals surface area contributed by atoms with E-state index in [4.69, 9.17) is 4.74 Å². The van der Waals surface area contributed by atoms with E-state index in [1.165, 1.54) is 25.9 Å². The number of nitrogens with one attached hydrogen (secondary N) is 2. The molecule has 0 bridgehead atoms. The number of ether oxygens (including phenoxy) is 1. The highest BCUT2D eigenvalue weighted by atomic mass is 16.5. The monoisotopic (exact) mass is 254 g/mol. The summed E-state index contributed by atoms with van der Waals surface area (Å²) >= 11 is 0. The molecule has 3 nitrogen and oxygen atoms in total. The normalized spacial score (nSPS) is 38.0. The smallest absolute Gasteiger partial charge is 0.0726 e. The van der Waals surface area contributed by atoms with E-state index in [9.17, 15) is 0 Å². The predicted molar refractivity (Wildman–Crippen MR) is 75.8 cm³/mol. The fourth-order valence-electron chi connectivity index (χ4n) is 3.16. The van der Waals surface area contributed by atoms with Crippen LogP contribution >= 0.6 is 0 Å². The van der Waals surface area contributed by atoms with Crippen molar-refractivity contribution in [3.05, 3.63) is 0 Å². The lowest BCUT2D eigenvalue weighted by atomic mass is 9.74. The highest BCUT2D eigenvalue weighted by molar-refractivity contribution is 4.96. The Balaban J connectivity index is 1.87. The van der Waals surface area contributed by atoms with Gasteiger partial charge in [0.15, 0.2) is 0 Å². The maximum absolute atomic E-state index is 5.70. The Morgan fingerprint density at radius 3 is 2.78 bits per heavy atom. The summed E-state index contributed by atoms with van der Waals surface area (Å²) in [5.41, 5.74) is 0.526. The van der Waals surface area contributed by atoms with Crippen LogP contribution in [-0.4, -0.2) is 37.9 Å². The zero-order chi connectivity index (χ0) is 13.2. The van der Waals surface area contributed by atoms with E-state index in [0.29, 0.717) is 11.5 Å². The molecule has 106 valence electrons. The van der Waals surface area contributed by atoms with Gasteiger partial charge in [-0.25, -0.2) is 0 Å². The second-order valence-corrected chi connectivity index (χ2v) is 7.07. The maximum Gasteiger partial charge on any atom is 0.0726 e. The fourth-order valence-corrected chi connectivity index (χ4v) is 3.16. The van der Waals surface area contributed by atoms with Gasteiger partial charge in [0.25, 0.3) is 0 Å². The second kappa shape index (κ2) is 5.48. The van der Waals surface area contributed by atoms with Crippen LogP contribution in [0.2, 0.25) is 0 Å². The SMILES string of the molecule is CC1OCCC1(C)NCC(C)(C)C1CCCNC1. The van der Waals surface area contributed by atoms with Gasteiger partial charge in [-0.1, -0.05) is 13.8 Å². The van der Waals surface area contributed by atoms with Crippen LogP contribution in [0.1, 0.15) is 47.0 Å². The third-order valence-corrected chi connectivity index (χ3v) is 5.24. The zero-order valence-corrected chi connectivity index (χ0v) is 12.5. The minimum Gasteiger partial charge on any atom is -0.377 e. The highest BCUT2D eigenvalue weighted by Crippen LogP contribution is 2.33. The standard InChI is InChI=1S/C15H30N2O/c1-12-15(4,7-9-18-12)17-11-14(2,3)13-6-5-8-16-10-13/h12-13,16-17H,5-11H2,1-4H3. The molecule has 0 saturated carbocycles. The average molecular weight is 254 g/mol. The lowest BCUT2D eigenvalue weighted by molar-refractivity contribution is 0.0773. The fraction of sp³-hybridized carbons (Fsp3) is 1.00. The first-order valence-corrected chi connectivity index (χ1v) is 7.51. The predicted octanol–water partition coefficient (Wildman–Crippen LogP) is 2.17. The summed E-state index contributed by atoms with van der Waals surface area (Å²) in [6, 6.07) is 0. The summed E-state index contributed by atoms with van der Waals surface area (Å²) in [5.74, 6) is 0.792. The number of hydrogen-bond acceptors (Lipinski definition) is 3. The molecule has 3 unspecified atom stereocenters. The van der Waals surface area contributed by atoms with Gasteiger partial charge >= 0.3 is 0 Å². The Bertz CT molecular complexity index is 274. The van der Waals surface area contributed by atoms with Crippen molar-refractivity contribution in [3.63, 3.8) is 0 Å². The van der Waals surface area contributed by atoms with Gasteiger partial charge in [-0.2, -0.15) is 0 Å². The van der Waals surface area contributed by atoms with Gasteiger partial charge in [0.2, 0.25) is 0 Å². The molecule has 18 heavy (non-hydrogen) atoms. The van der Waals surface area contributed by atoms with Gasteiger partial charge in [0.05, 0.1) is 6.10 Å². The van der Waals surface area contributed by atoms with Crippen molar-refractivity contribution < 1.29 is 4.74 Å². The van der Waals surface area contributed by atoms with Gasteiger partial charge in [0, 0.05) is 18.7 Å². The Morgan fingerprint density at radius 1 is 1.44 bits per heavy atom. The third-order valence-electron chi connectivity index (χ3n) is 5.24. The van der Waals surface area contributed by atoms with Crippen molar-refractivity contribution in [2.24, 2.45) is 11.3 Å². The molecule has 2 saturated heterocycles. The molecule has 0 spiro atoms. The van der Waals surface area contributed by atoms with Crippen LogP contribution in [0.5, 0.6) is 0 Å². The summed E-state index contributed by atoms with van der Waals surface area (Å²) < 4.78 is 5.70. The highest BCUT2D eigenvalue weighted by Gasteiger charge is 2.39. The van der Waals surface area contributed by atoms with Crippen molar-refractivity contribution in [1.82, 2.24) is 10.6 Å². The van der Waals surface area contributed by atoms with E-state index in [-0.39, 0.29) is 5.54 Å². The van der Waals surface area contributed by atoms with Crippen LogP contribution in [-0.2, 0) is 4.74 Å². The van der Waals surface area contributed by atoms with Gasteiger partial charge in [-0.05, 0) is 57.5 Å². The summed E-state index contributed by atoms with van der Waals surface area (Å²) in [6.07, 6.45) is 4.15. The Hall–Kier alpha value is -0.120. The zero-order valence-electron chi connectivity index (χ0n) is 12.5. The summed E-state index contributed by atoms with van der Waals surface area (Å²) in [4.78, 5) is 0. The molecule has 2 heterocycles. The van der Waals surface area contributed by atoms with Crippen molar-refractivity contribution in [2.45, 2.75) is 58.6 Å². The largest absolute Gasteiger partial charge is 0.377 e. The lowest BCUT2D eigenvalue weighted by Gasteiger charge is -2.40. The first-order valence-electron chi connectivity index (χ1n) is 7.51. The number of rotatable bonds is 4. The van der Waals surface area contributed by atoms with Gasteiger partial charge < -0.3 is 15.4 Å². The van der Waals surface area contributed by atoms with Crippen LogP contribution in [0.4, 0.5) is 0 Å². The average Bonchev–Trinajstić information content (AvgIpc) is 2.69. The Morgan fingerprint density at radius 2 is 2.22 bits per heavy atom. The van der Waals surface area contributed by atoms with E-state index >= 15 is 0 Å². The van der Waals surface area contributed by atoms with E-state index in [1.807, 2.05) is 0 Å². The Kier molecular flexibility index (Phi) is 4.35. The molecule has 0 aromatic rings. The third kappa shape index (κ3) is 3.06. The molecule has 0 aliphatic carbocycles. The maximum atomic E-state index is 5.70. The van der Waals surface area contributed by atoms with E-state index in [1.54, 1.807) is 0 Å². The summed E-state index contributed by atoms with van der Waals surface area (Å²) in [7, 11) is 0. The van der Waals surface area contributed by atoms with Crippen LogP contribution in [0, 0.1) is 11.3 Å². The minimum absolute atomic E-state index is 0.166. The van der Waals surface area contributed by atoms with Crippen molar-refractivity contribution in [3.8, 4) is 0 Å². The van der Waals surface area contributed by atoms with E-state index < -0.39 is 0 Å². The molecule has 0 aromatic carbocycles. The molecular weight excluding hydrogens is 224 g/mol. The molecule has 2 rings (SSSR count). The molecule has 0 radical (unpaired) electrons. The van der Waals surface area contributed by atoms with Crippen molar-refractivity contribution in [2.75, 3.05) is 26.2 Å². The second-order valence-electron chi connectivity index (χ2n) is 7.07. The molecule has 2 N–H and O–H groups in total. The molecule has 2 aliphatic rings. The lowest BCUT2D eigenvalue weighted by Crippen LogP contribution is -2.53. The first kappa shape index (κ1) is 14.3. The molecule has 2 fully saturated rings. The molecular formula is C15H30N2O. The quantitative estimate of drug-likeness (QED) is 0.806. The van der Waals surface area contributed by atoms with Gasteiger partial charge in [0.1, 0.15) is 0 Å². The van der Waals surface area contributed by atoms with Crippen LogP contribution in [0.15, 0.2) is 0 Å². The first-order chi connectivity index (χ1) is 8.44. The van der Waals surface area contributed by atoms with Crippen LogP contribution in [0.25, 0.3) is 0 Å². The molecule has 3 atom stereocenters. The van der Waals surface area contributed by atoms with Crippen molar-refractivity contribution >= 4 is 0 Å². The van der Waals surface area contributed by atoms with Gasteiger partial charge in [-0.3, -0.25) is 0 Å². The van der Waals surface area contributed by atoms with Gasteiger partial charge in [-0.15, -0.1) is 0 Å². The van der Waals surface area contributed by atoms with E-state index in [2.05, 4.69) is 38.3 Å². The number of piperidine rings is 1. The molecule has 0 amide bonds. The summed E-state index contributed by atoms with van der Waals surface area (Å²) in [5, 5.41) is 7.33. The van der Waals surface area contributed by atoms with E-state index in [0.717, 1.165) is 25.5 Å². The topological polar surface area (TPSA) is 33.3 Å². The summed E-state index contributed by atoms with van der Waals surface area (Å²) in [6.45, 7) is 13.7. The van der Waals surface area contributed by atoms with Crippen LogP contribution < -0.4 is 10.6 Å². The Labute approximate surface area is 112 Å². The molecule has 0 aromatic heterocycles.